The minimum absolute atomic E-state index is 0.115. The number of nitrogens with one attached hydrogen (secondary N) is 2. The topological polar surface area (TPSA) is 192 Å². The van der Waals surface area contributed by atoms with Gasteiger partial charge in [0.05, 0.1) is 0 Å². The summed E-state index contributed by atoms with van der Waals surface area (Å²) in [6.07, 6.45) is -1.43. The second kappa shape index (κ2) is 15.8. The third kappa shape index (κ3) is 10.5. The molecule has 1 atom stereocenters. The van der Waals surface area contributed by atoms with Crippen LogP contribution in [0.4, 0.5) is 9.93 Å². The molecule has 0 aliphatic rings. The Labute approximate surface area is 256 Å². The van der Waals surface area contributed by atoms with E-state index in [-0.39, 0.29) is 10.8 Å². The van der Waals surface area contributed by atoms with Crippen LogP contribution in [0.15, 0.2) is 71.2 Å². The van der Waals surface area contributed by atoms with Crippen LogP contribution in [0.1, 0.15) is 43.7 Å². The highest BCUT2D eigenvalue weighted by Crippen LogP contribution is 2.26. The number of aliphatic carboxylic acids is 1. The summed E-state index contributed by atoms with van der Waals surface area (Å²) in [4.78, 5) is 69.1. The van der Waals surface area contributed by atoms with Gasteiger partial charge in [0.15, 0.2) is 17.3 Å². The molecule has 0 aliphatic heterocycles. The molecule has 3 aromatic rings. The number of hydrogen-bond donors (Lipinski definition) is 3. The predicted octanol–water partition coefficient (Wildman–Crippen LogP) is 3.29. The average molecular weight is 627 g/mol. The Balaban J connectivity index is 1.71. The van der Waals surface area contributed by atoms with Crippen molar-refractivity contribution >= 4 is 52.6 Å². The van der Waals surface area contributed by atoms with E-state index in [9.17, 15) is 29.1 Å². The summed E-state index contributed by atoms with van der Waals surface area (Å²) in [7, 11) is 0. The average Bonchev–Trinajstić information content (AvgIpc) is 3.44. The number of thiazole rings is 1. The maximum absolute atomic E-state index is 13.4. The largest absolute Gasteiger partial charge is 0.476 e. The number of oxime groups is 1. The van der Waals surface area contributed by atoms with E-state index in [0.717, 1.165) is 11.3 Å². The smallest absolute Gasteiger partial charge is 0.408 e. The lowest BCUT2D eigenvalue weighted by molar-refractivity contribution is -0.157. The maximum atomic E-state index is 13.4. The van der Waals surface area contributed by atoms with Crippen LogP contribution in [0.25, 0.3) is 0 Å². The van der Waals surface area contributed by atoms with Crippen molar-refractivity contribution in [3.8, 4) is 0 Å². The van der Waals surface area contributed by atoms with Crippen LogP contribution in [0.2, 0.25) is 0 Å². The minimum Gasteiger partial charge on any atom is -0.476 e. The molecule has 0 spiro atoms. The molecule has 15 heteroatoms. The van der Waals surface area contributed by atoms with Crippen molar-refractivity contribution in [1.29, 1.82) is 0 Å². The van der Waals surface area contributed by atoms with Gasteiger partial charge >= 0.3 is 24.0 Å². The van der Waals surface area contributed by atoms with Crippen molar-refractivity contribution in [3.05, 3.63) is 82.9 Å². The highest BCUT2D eigenvalue weighted by Gasteiger charge is 2.30. The van der Waals surface area contributed by atoms with Crippen molar-refractivity contribution in [2.75, 3.05) is 18.5 Å². The van der Waals surface area contributed by atoms with Crippen LogP contribution in [0, 0.1) is 0 Å². The van der Waals surface area contributed by atoms with Crippen molar-refractivity contribution in [1.82, 2.24) is 10.3 Å². The molecule has 0 fully saturated rings. The van der Waals surface area contributed by atoms with Crippen LogP contribution in [0.5, 0.6) is 0 Å². The van der Waals surface area contributed by atoms with E-state index < -0.39 is 60.7 Å². The molecule has 0 aliphatic carbocycles. The number of nitrogens with zero attached hydrogens (tertiary/aromatic N) is 2. The van der Waals surface area contributed by atoms with E-state index >= 15 is 0 Å². The number of anilines is 1. The lowest BCUT2D eigenvalue weighted by Crippen LogP contribution is -2.47. The summed E-state index contributed by atoms with van der Waals surface area (Å²) < 4.78 is 16.2. The summed E-state index contributed by atoms with van der Waals surface area (Å²) >= 11 is 0.949. The molecule has 0 bridgehead atoms. The number of aromatic nitrogens is 1. The first-order valence-corrected chi connectivity index (χ1v) is 13.9. The molecule has 3 rings (SSSR count). The molecule has 44 heavy (non-hydrogen) atoms. The number of carbonyl (C=O) groups is 5. The first-order chi connectivity index (χ1) is 21.0. The molecule has 0 radical (unpaired) electrons. The van der Waals surface area contributed by atoms with Crippen LogP contribution in [-0.2, 0) is 38.2 Å². The van der Waals surface area contributed by atoms with Crippen LogP contribution >= 0.6 is 11.3 Å². The zero-order valence-corrected chi connectivity index (χ0v) is 24.7. The summed E-state index contributed by atoms with van der Waals surface area (Å²) in [5, 5.41) is 18.9. The normalized spacial score (nSPS) is 12.0. The number of rotatable bonds is 14. The van der Waals surface area contributed by atoms with E-state index in [1.807, 2.05) is 12.1 Å². The van der Waals surface area contributed by atoms with Gasteiger partial charge in [0.1, 0.15) is 17.9 Å². The molecule has 0 saturated heterocycles. The van der Waals surface area contributed by atoms with Crippen molar-refractivity contribution in [2.45, 2.75) is 38.5 Å². The van der Waals surface area contributed by atoms with E-state index in [2.05, 4.69) is 20.8 Å². The van der Waals surface area contributed by atoms with E-state index in [0.29, 0.717) is 17.5 Å². The van der Waals surface area contributed by atoms with Gasteiger partial charge in [0.25, 0.3) is 0 Å². The Morgan fingerprint density at radius 1 is 1.02 bits per heavy atom. The number of carbonyl (C=O) groups excluding carboxylic acids is 4. The van der Waals surface area contributed by atoms with E-state index in [1.165, 1.54) is 5.38 Å². The molecule has 2 amide bonds. The number of carboxylic acids is 1. The van der Waals surface area contributed by atoms with Crippen LogP contribution in [-0.4, -0.2) is 71.1 Å². The third-order valence-corrected chi connectivity index (χ3v) is 6.07. The predicted molar refractivity (Wildman–Crippen MR) is 157 cm³/mol. The Kier molecular flexibility index (Phi) is 11.9. The summed E-state index contributed by atoms with van der Waals surface area (Å²) in [6, 6.07) is 16.4. The maximum Gasteiger partial charge on any atom is 0.408 e. The van der Waals surface area contributed by atoms with Crippen LogP contribution < -0.4 is 10.6 Å². The SMILES string of the molecule is CC(C)(C)OC(=O)NC(COC(=O)CON=C(C(=O)O)c1csc(NC=O)n1)C(=O)OC(c1ccccc1)c1ccccc1. The van der Waals surface area contributed by atoms with Gasteiger partial charge in [-0.3, -0.25) is 4.79 Å². The molecule has 1 aromatic heterocycles. The molecule has 1 heterocycles. The Hall–Kier alpha value is -5.31. The molecular weight excluding hydrogens is 596 g/mol. The number of hydrogen-bond acceptors (Lipinski definition) is 12. The number of alkyl carbamates (subject to hydrolysis) is 1. The van der Waals surface area contributed by atoms with Gasteiger partial charge < -0.3 is 34.8 Å². The number of amides is 2. The van der Waals surface area contributed by atoms with Crippen molar-refractivity contribution in [3.63, 3.8) is 0 Å². The summed E-state index contributed by atoms with van der Waals surface area (Å²) in [5.74, 6) is -3.46. The number of carboxylic acid groups (broad SMARTS) is 1. The van der Waals surface area contributed by atoms with Gasteiger partial charge in [-0.1, -0.05) is 65.8 Å². The number of benzene rings is 2. The fourth-order valence-corrected chi connectivity index (χ4v) is 4.12. The van der Waals surface area contributed by atoms with Gasteiger partial charge in [-0.25, -0.2) is 24.2 Å². The first kappa shape index (κ1) is 33.2. The second-order valence-corrected chi connectivity index (χ2v) is 10.7. The fraction of sp³-hybridized carbons (Fsp3) is 0.276. The zero-order chi connectivity index (χ0) is 32.1. The highest BCUT2D eigenvalue weighted by molar-refractivity contribution is 7.14. The minimum atomic E-state index is -1.50. The van der Waals surface area contributed by atoms with Gasteiger partial charge in [0.2, 0.25) is 18.7 Å². The molecular formula is C29H30N4O10S. The van der Waals surface area contributed by atoms with E-state index in [4.69, 9.17) is 19.0 Å². The van der Waals surface area contributed by atoms with Crippen molar-refractivity contribution in [2.24, 2.45) is 5.16 Å². The van der Waals surface area contributed by atoms with Crippen molar-refractivity contribution < 1.29 is 48.1 Å². The molecule has 3 N–H and O–H groups in total. The highest BCUT2D eigenvalue weighted by atomic mass is 32.1. The van der Waals surface area contributed by atoms with E-state index in [1.54, 1.807) is 69.3 Å². The summed E-state index contributed by atoms with van der Waals surface area (Å²) in [5.41, 5.74) is -0.310. The quantitative estimate of drug-likeness (QED) is 0.0782. The Morgan fingerprint density at radius 2 is 1.64 bits per heavy atom. The fourth-order valence-electron chi connectivity index (χ4n) is 3.46. The number of esters is 2. The standard InChI is InChI=1S/C29H30N4O10S/c1-29(2,3)43-28(39)32-20(26(38)42-24(18-10-6-4-7-11-18)19-12-8-5-9-13-19)14-40-22(35)15-41-33-23(25(36)37)21-16-44-27(31-21)30-17-34/h4-13,16-17,20,24H,14-15H2,1-3H3,(H,32,39)(H,36,37)(H,30,31,34). The Morgan fingerprint density at radius 3 is 2.18 bits per heavy atom. The van der Waals surface area contributed by atoms with Crippen LogP contribution in [0.3, 0.4) is 0 Å². The zero-order valence-electron chi connectivity index (χ0n) is 23.9. The molecule has 0 saturated carbocycles. The third-order valence-electron chi connectivity index (χ3n) is 5.30. The molecule has 1 unspecified atom stereocenters. The van der Waals surface area contributed by atoms with Gasteiger partial charge in [-0.05, 0) is 31.9 Å². The lowest BCUT2D eigenvalue weighted by Gasteiger charge is -2.25. The van der Waals surface area contributed by atoms with Gasteiger partial charge in [-0.2, -0.15) is 0 Å². The Bertz CT molecular complexity index is 1430. The molecule has 232 valence electrons. The second-order valence-electron chi connectivity index (χ2n) is 9.84. The summed E-state index contributed by atoms with van der Waals surface area (Å²) in [6.45, 7) is 3.39. The van der Waals surface area contributed by atoms with Gasteiger partial charge in [0, 0.05) is 5.38 Å². The molecule has 14 nitrogen and oxygen atoms in total. The monoisotopic (exact) mass is 626 g/mol. The van der Waals surface area contributed by atoms with Gasteiger partial charge in [-0.15, -0.1) is 11.3 Å². The number of ether oxygens (including phenoxy) is 3. The first-order valence-electron chi connectivity index (χ1n) is 13.0. The molecule has 2 aromatic carbocycles. The lowest BCUT2D eigenvalue weighted by atomic mass is 10.0.